The van der Waals surface area contributed by atoms with Gasteiger partial charge in [-0.3, -0.25) is 4.68 Å². The first-order valence-corrected chi connectivity index (χ1v) is 10.4. The van der Waals surface area contributed by atoms with Crippen molar-refractivity contribution in [2.45, 2.75) is 64.9 Å². The SMILES string of the molecule is C=C(/C=C(/c1cc2n(n1)CCCC2Nc1ccc(C(C)(C)O)cn1)C(C)C)C(F)(F)F. The fourth-order valence-electron chi connectivity index (χ4n) is 3.60. The summed E-state index contributed by atoms with van der Waals surface area (Å²) >= 11 is 0. The number of halogens is 3. The standard InChI is InChI=1S/C23H29F3N4O/c1-14(2)17(11-15(3)23(24,25)26)19-12-20-18(7-6-10-30(20)29-19)28-21-9-8-16(13-27-21)22(4,5)31/h8-9,11-14,18,31H,3,6-7,10H2,1-2,4-5H3,(H,27,28)/b17-11+. The van der Waals surface area contributed by atoms with Crippen LogP contribution in [0.3, 0.4) is 0 Å². The number of alkyl halides is 3. The number of aryl methyl sites for hydroxylation is 1. The lowest BCUT2D eigenvalue weighted by atomic mass is 9.96. The van der Waals surface area contributed by atoms with E-state index in [1.54, 1.807) is 20.0 Å². The van der Waals surface area contributed by atoms with Gasteiger partial charge in [-0.15, -0.1) is 0 Å². The smallest absolute Gasteiger partial charge is 0.386 e. The van der Waals surface area contributed by atoms with Gasteiger partial charge in [-0.25, -0.2) is 4.98 Å². The van der Waals surface area contributed by atoms with Crippen LogP contribution in [-0.2, 0) is 12.1 Å². The van der Waals surface area contributed by atoms with E-state index in [1.807, 2.05) is 36.7 Å². The number of hydrogen-bond donors (Lipinski definition) is 2. The van der Waals surface area contributed by atoms with Crippen LogP contribution < -0.4 is 5.32 Å². The average Bonchev–Trinajstić information content (AvgIpc) is 3.09. The van der Waals surface area contributed by atoms with Gasteiger partial charge in [0, 0.05) is 23.9 Å². The van der Waals surface area contributed by atoms with Crippen molar-refractivity contribution in [1.82, 2.24) is 14.8 Å². The van der Waals surface area contributed by atoms with E-state index in [-0.39, 0.29) is 12.0 Å². The Labute approximate surface area is 180 Å². The molecule has 31 heavy (non-hydrogen) atoms. The molecule has 2 N–H and O–H groups in total. The van der Waals surface area contributed by atoms with Crippen LogP contribution in [0.1, 0.15) is 63.5 Å². The lowest BCUT2D eigenvalue weighted by Crippen LogP contribution is -2.22. The molecule has 0 saturated heterocycles. The molecule has 0 aromatic carbocycles. The molecule has 0 radical (unpaired) electrons. The van der Waals surface area contributed by atoms with Gasteiger partial charge in [0.25, 0.3) is 0 Å². The van der Waals surface area contributed by atoms with Crippen molar-refractivity contribution in [3.8, 4) is 0 Å². The first-order chi connectivity index (χ1) is 14.4. The van der Waals surface area contributed by atoms with Crippen LogP contribution in [0.4, 0.5) is 19.0 Å². The summed E-state index contributed by atoms with van der Waals surface area (Å²) in [6.07, 6.45) is 0.0126. The highest BCUT2D eigenvalue weighted by molar-refractivity contribution is 5.67. The number of anilines is 1. The minimum atomic E-state index is -4.47. The average molecular weight is 435 g/mol. The Morgan fingerprint density at radius 1 is 1.32 bits per heavy atom. The third-order valence-electron chi connectivity index (χ3n) is 5.43. The van der Waals surface area contributed by atoms with E-state index < -0.39 is 17.4 Å². The van der Waals surface area contributed by atoms with Crippen molar-refractivity contribution in [3.05, 3.63) is 59.6 Å². The minimum absolute atomic E-state index is 0.0604. The van der Waals surface area contributed by atoms with Crippen molar-refractivity contribution in [2.24, 2.45) is 5.92 Å². The molecule has 8 heteroatoms. The van der Waals surface area contributed by atoms with Crippen LogP contribution in [0, 0.1) is 5.92 Å². The van der Waals surface area contributed by atoms with Gasteiger partial charge in [-0.1, -0.05) is 26.5 Å². The highest BCUT2D eigenvalue weighted by Gasteiger charge is 2.32. The molecule has 3 heterocycles. The van der Waals surface area contributed by atoms with Crippen LogP contribution >= 0.6 is 0 Å². The highest BCUT2D eigenvalue weighted by Crippen LogP contribution is 2.34. The Hall–Kier alpha value is -2.61. The normalized spacial score (nSPS) is 17.6. The molecular formula is C23H29F3N4O. The number of fused-ring (bicyclic) bond motifs is 1. The van der Waals surface area contributed by atoms with Crippen molar-refractivity contribution in [1.29, 1.82) is 0 Å². The molecule has 2 aromatic rings. The molecule has 0 spiro atoms. The molecular weight excluding hydrogens is 405 g/mol. The van der Waals surface area contributed by atoms with Gasteiger partial charge in [0.1, 0.15) is 5.82 Å². The Bertz CT molecular complexity index is 966. The van der Waals surface area contributed by atoms with Crippen molar-refractivity contribution < 1.29 is 18.3 Å². The maximum Gasteiger partial charge on any atom is 0.415 e. The molecule has 2 aromatic heterocycles. The number of nitrogens with one attached hydrogen (secondary N) is 1. The van der Waals surface area contributed by atoms with Crippen molar-refractivity contribution in [2.75, 3.05) is 5.32 Å². The Kier molecular flexibility index (Phi) is 6.32. The molecule has 0 saturated carbocycles. The summed E-state index contributed by atoms with van der Waals surface area (Å²) in [4.78, 5) is 4.40. The highest BCUT2D eigenvalue weighted by atomic mass is 19.4. The molecule has 1 unspecified atom stereocenters. The number of hydrogen-bond acceptors (Lipinski definition) is 4. The molecule has 1 aliphatic heterocycles. The second kappa shape index (κ2) is 8.49. The van der Waals surface area contributed by atoms with E-state index >= 15 is 0 Å². The number of pyridine rings is 1. The summed E-state index contributed by atoms with van der Waals surface area (Å²) in [5.74, 6) is 0.526. The molecule has 0 aliphatic carbocycles. The summed E-state index contributed by atoms with van der Waals surface area (Å²) in [5, 5.41) is 18.1. The summed E-state index contributed by atoms with van der Waals surface area (Å²) < 4.78 is 40.9. The fourth-order valence-corrected chi connectivity index (χ4v) is 3.60. The van der Waals surface area contributed by atoms with Gasteiger partial charge in [0.15, 0.2) is 0 Å². The van der Waals surface area contributed by atoms with E-state index in [1.165, 1.54) is 0 Å². The van der Waals surface area contributed by atoms with Gasteiger partial charge in [0.05, 0.1) is 23.0 Å². The number of aliphatic hydroxyl groups is 1. The Morgan fingerprint density at radius 3 is 2.58 bits per heavy atom. The van der Waals surface area contributed by atoms with Gasteiger partial charge >= 0.3 is 6.18 Å². The third-order valence-corrected chi connectivity index (χ3v) is 5.43. The number of aromatic nitrogens is 3. The zero-order valence-electron chi connectivity index (χ0n) is 18.3. The van der Waals surface area contributed by atoms with E-state index in [0.29, 0.717) is 29.2 Å². The second-order valence-electron chi connectivity index (χ2n) is 8.79. The topological polar surface area (TPSA) is 63.0 Å². The summed E-state index contributed by atoms with van der Waals surface area (Å²) in [6, 6.07) is 5.44. The summed E-state index contributed by atoms with van der Waals surface area (Å²) in [5.41, 5.74) is 0.826. The molecule has 0 amide bonds. The zero-order valence-corrected chi connectivity index (χ0v) is 18.3. The molecule has 1 aliphatic rings. The maximum absolute atomic E-state index is 13.0. The Balaban J connectivity index is 1.87. The largest absolute Gasteiger partial charge is 0.415 e. The molecule has 0 bridgehead atoms. The van der Waals surface area contributed by atoms with Crippen LogP contribution in [0.5, 0.6) is 0 Å². The Morgan fingerprint density at radius 2 is 2.03 bits per heavy atom. The summed E-state index contributed by atoms with van der Waals surface area (Å²) in [6.45, 7) is 11.0. The maximum atomic E-state index is 13.0. The quantitative estimate of drug-likeness (QED) is 0.580. The van der Waals surface area contributed by atoms with Gasteiger partial charge in [0.2, 0.25) is 0 Å². The molecule has 5 nitrogen and oxygen atoms in total. The van der Waals surface area contributed by atoms with E-state index in [4.69, 9.17) is 0 Å². The summed E-state index contributed by atoms with van der Waals surface area (Å²) in [7, 11) is 0. The van der Waals surface area contributed by atoms with Gasteiger partial charge < -0.3 is 10.4 Å². The van der Waals surface area contributed by atoms with Gasteiger partial charge in [-0.05, 0) is 56.4 Å². The van der Waals surface area contributed by atoms with Crippen LogP contribution in [0.25, 0.3) is 5.57 Å². The lowest BCUT2D eigenvalue weighted by Gasteiger charge is -2.25. The molecule has 168 valence electrons. The third kappa shape index (κ3) is 5.36. The van der Waals surface area contributed by atoms with E-state index in [2.05, 4.69) is 22.0 Å². The lowest BCUT2D eigenvalue weighted by molar-refractivity contribution is -0.0877. The second-order valence-corrected chi connectivity index (χ2v) is 8.79. The van der Waals surface area contributed by atoms with Crippen LogP contribution in [-0.4, -0.2) is 26.0 Å². The first-order valence-electron chi connectivity index (χ1n) is 10.4. The molecule has 0 fully saturated rings. The van der Waals surface area contributed by atoms with Gasteiger partial charge in [-0.2, -0.15) is 18.3 Å². The van der Waals surface area contributed by atoms with Crippen LogP contribution in [0.15, 0.2) is 42.6 Å². The molecule has 3 rings (SSSR count). The predicted octanol–water partition coefficient (Wildman–Crippen LogP) is 5.61. The zero-order chi connectivity index (χ0) is 23.0. The predicted molar refractivity (Wildman–Crippen MR) is 115 cm³/mol. The minimum Gasteiger partial charge on any atom is -0.386 e. The van der Waals surface area contributed by atoms with Crippen LogP contribution in [0.2, 0.25) is 0 Å². The van der Waals surface area contributed by atoms with Crippen molar-refractivity contribution in [3.63, 3.8) is 0 Å². The number of allylic oxidation sites excluding steroid dienone is 3. The number of rotatable bonds is 6. The number of nitrogens with zero attached hydrogens (tertiary/aromatic N) is 3. The van der Waals surface area contributed by atoms with E-state index in [9.17, 15) is 18.3 Å². The van der Waals surface area contributed by atoms with E-state index in [0.717, 1.165) is 24.6 Å². The fraction of sp³-hybridized carbons (Fsp3) is 0.478. The van der Waals surface area contributed by atoms with Crippen molar-refractivity contribution >= 4 is 11.4 Å². The first kappa shape index (κ1) is 23.1. The monoisotopic (exact) mass is 434 g/mol. The molecule has 1 atom stereocenters.